The van der Waals surface area contributed by atoms with Crippen molar-refractivity contribution in [3.05, 3.63) is 0 Å². The normalized spacial score (nSPS) is 29.3. The Morgan fingerprint density at radius 2 is 2.06 bits per heavy atom. The minimum absolute atomic E-state index is 0.00606. The van der Waals surface area contributed by atoms with E-state index < -0.39 is 5.97 Å². The fraction of sp³-hybridized carbons (Fsp3) is 0.833. The summed E-state index contributed by atoms with van der Waals surface area (Å²) in [5.41, 5.74) is 0. The molecule has 1 amide bonds. The first-order valence-electron chi connectivity index (χ1n) is 6.32. The van der Waals surface area contributed by atoms with Crippen LogP contribution in [0.3, 0.4) is 0 Å². The van der Waals surface area contributed by atoms with Crippen molar-refractivity contribution in [2.45, 2.75) is 50.7 Å². The molecule has 2 heterocycles. The van der Waals surface area contributed by atoms with Gasteiger partial charge >= 0.3 is 5.97 Å². The lowest BCUT2D eigenvalue weighted by Crippen LogP contribution is -2.48. The number of carboxylic acids is 1. The Kier molecular flexibility index (Phi) is 3.99. The van der Waals surface area contributed by atoms with Crippen LogP contribution >= 0.6 is 0 Å². The number of hydrogen-bond donors (Lipinski definition) is 1. The molecule has 0 aromatic rings. The van der Waals surface area contributed by atoms with Crippen molar-refractivity contribution < 1.29 is 19.4 Å². The van der Waals surface area contributed by atoms with E-state index in [-0.39, 0.29) is 24.5 Å². The van der Waals surface area contributed by atoms with Gasteiger partial charge < -0.3 is 14.7 Å². The molecule has 2 atom stereocenters. The summed E-state index contributed by atoms with van der Waals surface area (Å²) in [6, 6.07) is -0.141. The van der Waals surface area contributed by atoms with Crippen LogP contribution in [0.2, 0.25) is 0 Å². The second-order valence-corrected chi connectivity index (χ2v) is 4.78. The van der Waals surface area contributed by atoms with Crippen molar-refractivity contribution in [1.82, 2.24) is 4.90 Å². The lowest BCUT2D eigenvalue weighted by atomic mass is 9.98. The van der Waals surface area contributed by atoms with Gasteiger partial charge in [-0.15, -0.1) is 0 Å². The van der Waals surface area contributed by atoms with E-state index in [0.717, 1.165) is 32.1 Å². The molecule has 2 aliphatic heterocycles. The third-order valence-electron chi connectivity index (χ3n) is 3.53. The molecule has 2 fully saturated rings. The molecule has 2 saturated heterocycles. The van der Waals surface area contributed by atoms with Crippen LogP contribution in [0.25, 0.3) is 0 Å². The summed E-state index contributed by atoms with van der Waals surface area (Å²) >= 11 is 0. The maximum atomic E-state index is 12.2. The summed E-state index contributed by atoms with van der Waals surface area (Å²) in [6.07, 6.45) is 4.19. The number of amides is 1. The molecule has 0 spiro atoms. The molecule has 0 bridgehead atoms. The molecular weight excluding hydrogens is 222 g/mol. The second-order valence-electron chi connectivity index (χ2n) is 4.78. The highest BCUT2D eigenvalue weighted by Crippen LogP contribution is 2.23. The Morgan fingerprint density at radius 3 is 2.71 bits per heavy atom. The van der Waals surface area contributed by atoms with Gasteiger partial charge in [0.05, 0.1) is 6.42 Å². The highest BCUT2D eigenvalue weighted by atomic mass is 16.5. The smallest absolute Gasteiger partial charge is 0.305 e. The average Bonchev–Trinajstić information content (AvgIpc) is 2.81. The van der Waals surface area contributed by atoms with Crippen LogP contribution in [0.1, 0.15) is 38.5 Å². The molecule has 0 aromatic heterocycles. The average molecular weight is 241 g/mol. The predicted molar refractivity (Wildman–Crippen MR) is 60.6 cm³/mol. The Labute approximate surface area is 101 Å². The van der Waals surface area contributed by atoms with Gasteiger partial charge in [0.15, 0.2) is 0 Å². The van der Waals surface area contributed by atoms with Crippen molar-refractivity contribution in [2.75, 3.05) is 13.2 Å². The standard InChI is InChI=1S/C12H19NO4/c14-11(15)8-9-4-1-2-6-13(9)12(16)10-5-3-7-17-10/h9-10H,1-8H2,(H,14,15). The third kappa shape index (κ3) is 2.97. The molecule has 2 unspecified atom stereocenters. The van der Waals surface area contributed by atoms with Crippen molar-refractivity contribution in [1.29, 1.82) is 0 Å². The van der Waals surface area contributed by atoms with Crippen LogP contribution in [0.4, 0.5) is 0 Å². The van der Waals surface area contributed by atoms with E-state index in [2.05, 4.69) is 0 Å². The van der Waals surface area contributed by atoms with Crippen LogP contribution in [-0.4, -0.2) is 47.2 Å². The van der Waals surface area contributed by atoms with Gasteiger partial charge in [-0.2, -0.15) is 0 Å². The number of nitrogens with zero attached hydrogens (tertiary/aromatic N) is 1. The molecule has 96 valence electrons. The lowest BCUT2D eigenvalue weighted by molar-refractivity contribution is -0.147. The maximum absolute atomic E-state index is 12.2. The minimum atomic E-state index is -0.831. The van der Waals surface area contributed by atoms with Crippen LogP contribution < -0.4 is 0 Å². The zero-order valence-electron chi connectivity index (χ0n) is 9.93. The van der Waals surface area contributed by atoms with E-state index in [9.17, 15) is 9.59 Å². The number of piperidine rings is 1. The first-order valence-corrected chi connectivity index (χ1v) is 6.32. The lowest BCUT2D eigenvalue weighted by Gasteiger charge is -2.36. The van der Waals surface area contributed by atoms with Gasteiger partial charge in [0.1, 0.15) is 6.10 Å². The van der Waals surface area contributed by atoms with Gasteiger partial charge in [-0.05, 0) is 32.1 Å². The fourth-order valence-corrected chi connectivity index (χ4v) is 2.66. The molecule has 2 rings (SSSR count). The molecule has 5 nitrogen and oxygen atoms in total. The molecule has 1 N–H and O–H groups in total. The summed E-state index contributed by atoms with van der Waals surface area (Å²) in [4.78, 5) is 24.7. The van der Waals surface area contributed by atoms with Gasteiger partial charge in [-0.1, -0.05) is 0 Å². The van der Waals surface area contributed by atoms with E-state index in [4.69, 9.17) is 9.84 Å². The van der Waals surface area contributed by atoms with Gasteiger partial charge in [0.25, 0.3) is 5.91 Å². The van der Waals surface area contributed by atoms with Gasteiger partial charge in [0, 0.05) is 19.2 Å². The monoisotopic (exact) mass is 241 g/mol. The number of rotatable bonds is 3. The first kappa shape index (κ1) is 12.4. The molecule has 17 heavy (non-hydrogen) atoms. The van der Waals surface area contributed by atoms with Crippen LogP contribution in [-0.2, 0) is 14.3 Å². The quantitative estimate of drug-likeness (QED) is 0.801. The van der Waals surface area contributed by atoms with Crippen LogP contribution in [0.5, 0.6) is 0 Å². The highest BCUT2D eigenvalue weighted by Gasteiger charge is 2.34. The summed E-state index contributed by atoms with van der Waals surface area (Å²) in [7, 11) is 0. The molecule has 0 saturated carbocycles. The molecular formula is C12H19NO4. The number of hydrogen-bond acceptors (Lipinski definition) is 3. The zero-order valence-corrected chi connectivity index (χ0v) is 9.93. The van der Waals surface area contributed by atoms with Crippen molar-refractivity contribution in [3.8, 4) is 0 Å². The molecule has 2 aliphatic rings. The molecule has 0 aliphatic carbocycles. The number of carbonyl (C=O) groups is 2. The summed E-state index contributed by atoms with van der Waals surface area (Å²) in [6.45, 7) is 1.32. The predicted octanol–water partition coefficient (Wildman–Crippen LogP) is 1.02. The van der Waals surface area contributed by atoms with Gasteiger partial charge in [0.2, 0.25) is 0 Å². The third-order valence-corrected chi connectivity index (χ3v) is 3.53. The van der Waals surface area contributed by atoms with E-state index in [0.29, 0.717) is 13.2 Å². The summed E-state index contributed by atoms with van der Waals surface area (Å²) < 4.78 is 5.38. The number of ether oxygens (including phenoxy) is 1. The topological polar surface area (TPSA) is 66.8 Å². The SMILES string of the molecule is O=C(O)CC1CCCCN1C(=O)C1CCCO1. The van der Waals surface area contributed by atoms with E-state index in [1.165, 1.54) is 0 Å². The van der Waals surface area contributed by atoms with E-state index >= 15 is 0 Å². The van der Waals surface area contributed by atoms with Crippen molar-refractivity contribution in [2.24, 2.45) is 0 Å². The summed E-state index contributed by atoms with van der Waals surface area (Å²) in [5.74, 6) is -0.838. The van der Waals surface area contributed by atoms with Crippen molar-refractivity contribution >= 4 is 11.9 Å². The van der Waals surface area contributed by atoms with Crippen LogP contribution in [0, 0.1) is 0 Å². The number of carbonyl (C=O) groups excluding carboxylic acids is 1. The van der Waals surface area contributed by atoms with Crippen LogP contribution in [0.15, 0.2) is 0 Å². The maximum Gasteiger partial charge on any atom is 0.305 e. The number of aliphatic carboxylic acids is 1. The Bertz CT molecular complexity index is 299. The molecule has 0 radical (unpaired) electrons. The molecule has 0 aromatic carbocycles. The minimum Gasteiger partial charge on any atom is -0.481 e. The Hall–Kier alpha value is -1.10. The Balaban J connectivity index is 1.99. The first-order chi connectivity index (χ1) is 8.18. The van der Waals surface area contributed by atoms with Gasteiger partial charge in [-0.25, -0.2) is 0 Å². The fourth-order valence-electron chi connectivity index (χ4n) is 2.66. The largest absolute Gasteiger partial charge is 0.481 e. The second kappa shape index (κ2) is 5.49. The Morgan fingerprint density at radius 1 is 1.24 bits per heavy atom. The van der Waals surface area contributed by atoms with Gasteiger partial charge in [-0.3, -0.25) is 9.59 Å². The number of carboxylic acid groups (broad SMARTS) is 1. The molecule has 5 heteroatoms. The number of likely N-dealkylation sites (tertiary alicyclic amines) is 1. The highest BCUT2D eigenvalue weighted by molar-refractivity contribution is 5.82. The zero-order chi connectivity index (χ0) is 12.3. The van der Waals surface area contributed by atoms with Crippen molar-refractivity contribution in [3.63, 3.8) is 0 Å². The van der Waals surface area contributed by atoms with E-state index in [1.807, 2.05) is 0 Å². The summed E-state index contributed by atoms with van der Waals surface area (Å²) in [5, 5.41) is 8.86. The van der Waals surface area contributed by atoms with E-state index in [1.54, 1.807) is 4.90 Å².